The number of carbonyl (C=O) groups excluding carboxylic acids is 1. The highest BCUT2D eigenvalue weighted by Gasteiger charge is 2.13. The number of hydrogen-bond acceptors (Lipinski definition) is 13. The zero-order valence-electron chi connectivity index (χ0n) is 68.7. The molecular formula is C112H76N4O12. The van der Waals surface area contributed by atoms with Gasteiger partial charge in [0, 0.05) is 13.2 Å². The van der Waals surface area contributed by atoms with E-state index < -0.39 is 5.97 Å². The van der Waals surface area contributed by atoms with Crippen LogP contribution in [-0.2, 0) is 17.6 Å². The van der Waals surface area contributed by atoms with Crippen LogP contribution in [0.4, 0.5) is 11.4 Å². The van der Waals surface area contributed by atoms with Crippen molar-refractivity contribution in [3.8, 4) is 86.9 Å². The first-order chi connectivity index (χ1) is 62.7. The Balaban J connectivity index is 0.000000141. The van der Waals surface area contributed by atoms with E-state index >= 15 is 0 Å². The van der Waals surface area contributed by atoms with Gasteiger partial charge in [0.15, 0.2) is 11.4 Å². The molecule has 0 aliphatic heterocycles. The summed E-state index contributed by atoms with van der Waals surface area (Å²) in [5.41, 5.74) is 10.1. The van der Waals surface area contributed by atoms with Crippen LogP contribution in [0.2, 0.25) is 0 Å². The van der Waals surface area contributed by atoms with Crippen LogP contribution in [0.5, 0.6) is 74.7 Å². The zero-order valence-corrected chi connectivity index (χ0v) is 68.7. The Morgan fingerprint density at radius 3 is 0.797 bits per heavy atom. The first kappa shape index (κ1) is 84.0. The first-order valence-electron chi connectivity index (χ1n) is 40.8. The summed E-state index contributed by atoms with van der Waals surface area (Å²) in [6, 6.07) is 116. The number of nitriles is 2. The van der Waals surface area contributed by atoms with Crippen LogP contribution in [-0.4, -0.2) is 41.0 Å². The number of benzene rings is 18. The molecule has 0 bridgehead atoms. The number of carboxylic acid groups (broad SMARTS) is 1. The number of carboxylic acids is 1. The number of aromatic carboxylic acids is 1. The summed E-state index contributed by atoms with van der Waals surface area (Å²) in [7, 11) is 0. The fraction of sp³-hybridized carbons (Fsp3) is 0.0357. The number of carbonyl (C=O) groups is 2. The molecule has 616 valence electrons. The molecule has 128 heavy (non-hydrogen) atoms. The zero-order chi connectivity index (χ0) is 88.1. The van der Waals surface area contributed by atoms with Crippen LogP contribution in [0.25, 0.3) is 111 Å². The van der Waals surface area contributed by atoms with E-state index in [1.165, 1.54) is 0 Å². The van der Waals surface area contributed by atoms with E-state index in [2.05, 4.69) is 70.4 Å². The molecule has 0 saturated carbocycles. The molecule has 0 amide bonds. The molecule has 0 saturated heterocycles. The molecule has 0 aliphatic carbocycles. The Morgan fingerprint density at radius 2 is 0.508 bits per heavy atom. The lowest BCUT2D eigenvalue weighted by atomic mass is 10.0. The van der Waals surface area contributed by atoms with Crippen molar-refractivity contribution in [1.82, 2.24) is 0 Å². The minimum atomic E-state index is -0.945. The van der Waals surface area contributed by atoms with Gasteiger partial charge in [-0.3, -0.25) is 14.5 Å². The highest BCUT2D eigenvalue weighted by molar-refractivity contribution is 5.96. The van der Waals surface area contributed by atoms with Crippen molar-refractivity contribution in [2.75, 3.05) is 13.2 Å². The summed E-state index contributed by atoms with van der Waals surface area (Å²) in [6.07, 6.45) is 13.6. The van der Waals surface area contributed by atoms with Gasteiger partial charge >= 0.3 is 5.97 Å². The number of aliphatic hydroxyl groups excluding tert-OH is 2. The smallest absolute Gasteiger partial charge is 0.335 e. The summed E-state index contributed by atoms with van der Waals surface area (Å²) in [6.45, 7) is 15.3. The van der Waals surface area contributed by atoms with Crippen LogP contribution in [0, 0.1) is 35.8 Å². The van der Waals surface area contributed by atoms with Crippen LogP contribution >= 0.6 is 0 Å². The lowest BCUT2D eigenvalue weighted by Crippen LogP contribution is -1.95. The first-order valence-corrected chi connectivity index (χ1v) is 40.8. The van der Waals surface area contributed by atoms with E-state index in [9.17, 15) is 35.4 Å². The highest BCUT2D eigenvalue weighted by Crippen LogP contribution is 2.39. The molecule has 0 atom stereocenters. The summed E-state index contributed by atoms with van der Waals surface area (Å²) >= 11 is 0. The topological polar surface area (TPSA) is 216 Å². The van der Waals surface area contributed by atoms with Crippen molar-refractivity contribution in [1.29, 1.82) is 10.5 Å². The Hall–Kier alpha value is -17.6. The minimum absolute atomic E-state index is 0.154. The normalized spacial score (nSPS) is 11.0. The summed E-state index contributed by atoms with van der Waals surface area (Å²) in [4.78, 5) is 28.7. The third-order valence-corrected chi connectivity index (χ3v) is 21.0. The maximum absolute atomic E-state index is 11.2. The number of rotatable bonds is 25. The molecule has 18 rings (SSSR count). The van der Waals surface area contributed by atoms with Gasteiger partial charge in [-0.25, -0.2) is 4.79 Å². The number of nitrogens with zero attached hydrogens (tertiary/aromatic N) is 4. The van der Waals surface area contributed by atoms with Gasteiger partial charge in [-0.2, -0.15) is 10.5 Å². The van der Waals surface area contributed by atoms with Crippen LogP contribution in [0.15, 0.2) is 352 Å². The lowest BCUT2D eigenvalue weighted by Gasteiger charge is -2.09. The van der Waals surface area contributed by atoms with Crippen molar-refractivity contribution >= 4 is 125 Å². The van der Waals surface area contributed by atoms with Gasteiger partial charge in [-0.1, -0.05) is 206 Å². The van der Waals surface area contributed by atoms with Crippen molar-refractivity contribution < 1.29 is 58.1 Å². The summed E-state index contributed by atoms with van der Waals surface area (Å²) in [5.74, 6) is 8.19. The predicted molar refractivity (Wildman–Crippen MR) is 507 cm³/mol. The third-order valence-electron chi connectivity index (χ3n) is 21.0. The van der Waals surface area contributed by atoms with Crippen LogP contribution in [0.1, 0.15) is 66.0 Å². The van der Waals surface area contributed by atoms with Gasteiger partial charge in [0.25, 0.3) is 6.47 Å². The molecule has 16 heteroatoms. The Bertz CT molecular complexity index is 7150. The maximum atomic E-state index is 11.2. The van der Waals surface area contributed by atoms with Gasteiger partial charge in [0.2, 0.25) is 0 Å². The second kappa shape index (κ2) is 39.9. The standard InChI is InChI=1S/C38H20N4O2.C38H32O4.C36H24O6/c1-41-37-21-28-10-16-36(20-30(28)22-38(37)42-2)44-34-13-7-26(8-14-34)4-3-25-5-11-33(12-6-25)43-35-15-9-27-17-31(23-39)32(24-40)18-29(27)19-35;39-21-19-29-3-9-33-25-37(17-11-31(33)23-29)41-35-13-5-27(6-14-35)1-2-28-7-15-36(16-8-28)42-38-18-12-32-24-30(20-22-40)4-10-34(32)26-38;37-23-40-33-16-9-29-22-35(18-11-28(29)20-33)42-32-14-5-25(6-15-32)2-1-24-3-12-31(13-4-24)41-34-17-10-26-19-30(36(38)39)8-7-27(26)21-34/h3-22H;1-18,23-26,39-40H,19-22H2;1-23H,(H,38,39)/b4-3+;2*2-1+. The Kier molecular flexibility index (Phi) is 26.2. The average Bonchev–Trinajstić information content (AvgIpc) is 0.606. The van der Waals surface area contributed by atoms with Crippen molar-refractivity contribution in [3.63, 3.8) is 0 Å². The van der Waals surface area contributed by atoms with Gasteiger partial charge in [0.05, 0.1) is 29.8 Å². The summed E-state index contributed by atoms with van der Waals surface area (Å²) < 4.78 is 41.2. The summed E-state index contributed by atoms with van der Waals surface area (Å²) in [5, 5.41) is 57.7. The van der Waals surface area contributed by atoms with Gasteiger partial charge < -0.3 is 48.5 Å². The fourth-order valence-electron chi connectivity index (χ4n) is 14.4. The van der Waals surface area contributed by atoms with Crippen molar-refractivity contribution in [2.24, 2.45) is 0 Å². The molecule has 0 heterocycles. The number of fused-ring (bicyclic) bond motifs is 6. The van der Waals surface area contributed by atoms with Gasteiger partial charge in [-0.05, 0) is 304 Å². The molecule has 18 aromatic carbocycles. The largest absolute Gasteiger partial charge is 0.478 e. The average molecular weight is 1670 g/mol. The SMILES string of the molecule is O=COc1ccc2cc(Oc3ccc(/C=C/c4ccc(Oc5ccc6cc(C(=O)O)ccc6c5)cc4)cc3)ccc2c1.OCCc1ccc2cc(Oc3ccc(/C=C/c4ccc(Oc5ccc6cc(CCO)ccc6c5)cc4)cc3)ccc2c1.[C-]#[N+]c1cc2ccc(Oc3ccc(/C=C/c4ccc(Oc5ccc6cc(C#N)c(C#N)cc6c5)cc4)cc3)cc2cc1[N+]#[C-]. The van der Waals surface area contributed by atoms with Crippen LogP contribution in [0.3, 0.4) is 0 Å². The van der Waals surface area contributed by atoms with E-state index in [1.54, 1.807) is 54.6 Å². The molecule has 0 spiro atoms. The van der Waals surface area contributed by atoms with E-state index in [-0.39, 0.29) is 18.8 Å². The maximum Gasteiger partial charge on any atom is 0.335 e. The second-order valence-electron chi connectivity index (χ2n) is 29.8. The molecule has 16 nitrogen and oxygen atoms in total. The number of hydrogen-bond donors (Lipinski definition) is 3. The molecule has 0 radical (unpaired) electrons. The lowest BCUT2D eigenvalue weighted by molar-refractivity contribution is -0.120. The number of aliphatic hydroxyl groups is 2. The molecule has 3 N–H and O–H groups in total. The minimum Gasteiger partial charge on any atom is -0.478 e. The van der Waals surface area contributed by atoms with Crippen molar-refractivity contribution in [3.05, 3.63) is 436 Å². The molecule has 0 aliphatic rings. The Morgan fingerprint density at radius 1 is 0.281 bits per heavy atom. The van der Waals surface area contributed by atoms with Gasteiger partial charge in [-0.15, -0.1) is 0 Å². The van der Waals surface area contributed by atoms with Crippen molar-refractivity contribution in [2.45, 2.75) is 12.8 Å². The molecular weight excluding hydrogens is 1590 g/mol. The highest BCUT2D eigenvalue weighted by atomic mass is 16.5. The van der Waals surface area contributed by atoms with E-state index in [4.69, 9.17) is 46.3 Å². The fourth-order valence-corrected chi connectivity index (χ4v) is 14.4. The quantitative estimate of drug-likeness (QED) is 0.0276. The van der Waals surface area contributed by atoms with E-state index in [0.29, 0.717) is 87.8 Å². The second-order valence-corrected chi connectivity index (χ2v) is 29.8. The van der Waals surface area contributed by atoms with E-state index in [0.717, 1.165) is 138 Å². The number of ether oxygens (including phenoxy) is 7. The predicted octanol–water partition coefficient (Wildman–Crippen LogP) is 28.4. The van der Waals surface area contributed by atoms with E-state index in [1.807, 2.05) is 285 Å². The molecule has 0 unspecified atom stereocenters. The molecule has 18 aromatic rings. The van der Waals surface area contributed by atoms with Crippen LogP contribution < -0.4 is 33.2 Å². The molecule has 0 aromatic heterocycles. The van der Waals surface area contributed by atoms with Gasteiger partial charge in [0.1, 0.15) is 86.9 Å². The Labute approximate surface area is 737 Å². The molecule has 0 fully saturated rings. The third kappa shape index (κ3) is 21.6. The monoisotopic (exact) mass is 1670 g/mol.